The van der Waals surface area contributed by atoms with E-state index >= 15 is 0 Å². The quantitative estimate of drug-likeness (QED) is 0.206. The molecule has 0 radical (unpaired) electrons. The first kappa shape index (κ1) is 25.8. The molecule has 0 spiro atoms. The summed E-state index contributed by atoms with van der Waals surface area (Å²) < 4.78 is 4.90. The van der Waals surface area contributed by atoms with Gasteiger partial charge in [-0.1, -0.05) is 92.1 Å². The zero-order chi connectivity index (χ0) is 28.8. The van der Waals surface area contributed by atoms with Crippen LogP contribution >= 0.6 is 0 Å². The summed E-state index contributed by atoms with van der Waals surface area (Å²) in [4.78, 5) is 4.89. The molecule has 0 N–H and O–H groups in total. The first-order valence-corrected chi connectivity index (χ1v) is 15.6. The molecule has 2 aromatic heterocycles. The van der Waals surface area contributed by atoms with Crippen LogP contribution in [-0.4, -0.2) is 14.1 Å². The topological polar surface area (TPSA) is 22.8 Å². The third kappa shape index (κ3) is 4.56. The van der Waals surface area contributed by atoms with Crippen LogP contribution in [0.1, 0.15) is 43.8 Å². The SMILES string of the molecule is Cc1cnc(-c2ccc(-n3c4ccc(-c5ccccc5)cc4c4cc(-c5ccccc5)ccc43)cc2)n1C1CCCCC1. The van der Waals surface area contributed by atoms with E-state index in [2.05, 4.69) is 137 Å². The summed E-state index contributed by atoms with van der Waals surface area (Å²) in [6, 6.07) is 44.7. The molecule has 1 saturated carbocycles. The second-order valence-corrected chi connectivity index (χ2v) is 12.0. The Balaban J connectivity index is 1.27. The van der Waals surface area contributed by atoms with Gasteiger partial charge >= 0.3 is 0 Å². The van der Waals surface area contributed by atoms with Gasteiger partial charge in [0.05, 0.1) is 11.0 Å². The average molecular weight is 558 g/mol. The maximum absolute atomic E-state index is 4.89. The van der Waals surface area contributed by atoms with Crippen LogP contribution in [0.15, 0.2) is 128 Å². The molecule has 1 fully saturated rings. The molecule has 0 bridgehead atoms. The lowest BCUT2D eigenvalue weighted by atomic mass is 9.95. The van der Waals surface area contributed by atoms with Crippen molar-refractivity contribution in [1.82, 2.24) is 14.1 Å². The highest BCUT2D eigenvalue weighted by Gasteiger charge is 2.21. The number of imidazole rings is 1. The van der Waals surface area contributed by atoms with Crippen LogP contribution < -0.4 is 0 Å². The Morgan fingerprint density at radius 2 is 1.09 bits per heavy atom. The number of rotatable bonds is 5. The van der Waals surface area contributed by atoms with Crippen LogP contribution in [0.5, 0.6) is 0 Å². The van der Waals surface area contributed by atoms with Gasteiger partial charge in [0.2, 0.25) is 0 Å². The van der Waals surface area contributed by atoms with Gasteiger partial charge in [-0.2, -0.15) is 0 Å². The second-order valence-electron chi connectivity index (χ2n) is 12.0. The van der Waals surface area contributed by atoms with E-state index in [0.717, 1.165) is 11.5 Å². The molecule has 1 aliphatic rings. The van der Waals surface area contributed by atoms with Gasteiger partial charge < -0.3 is 9.13 Å². The van der Waals surface area contributed by atoms with Crippen molar-refractivity contribution < 1.29 is 0 Å². The Labute approximate surface area is 253 Å². The minimum absolute atomic E-state index is 0.556. The first-order valence-electron chi connectivity index (χ1n) is 15.6. The lowest BCUT2D eigenvalue weighted by Gasteiger charge is -2.26. The largest absolute Gasteiger partial charge is 0.325 e. The highest BCUT2D eigenvalue weighted by molar-refractivity contribution is 6.11. The van der Waals surface area contributed by atoms with Gasteiger partial charge in [0.1, 0.15) is 5.82 Å². The number of hydrogen-bond donors (Lipinski definition) is 0. The number of aromatic nitrogens is 3. The molecule has 0 aliphatic heterocycles. The zero-order valence-electron chi connectivity index (χ0n) is 24.6. The first-order chi connectivity index (χ1) is 21.2. The van der Waals surface area contributed by atoms with Gasteiger partial charge in [0.15, 0.2) is 0 Å². The number of fused-ring (bicyclic) bond motifs is 3. The normalized spacial score (nSPS) is 14.1. The van der Waals surface area contributed by atoms with Crippen molar-refractivity contribution in [1.29, 1.82) is 0 Å². The highest BCUT2D eigenvalue weighted by atomic mass is 15.1. The second kappa shape index (κ2) is 10.7. The number of hydrogen-bond acceptors (Lipinski definition) is 1. The summed E-state index contributed by atoms with van der Waals surface area (Å²) in [5.41, 5.74) is 11.0. The van der Waals surface area contributed by atoms with Gasteiger partial charge in [0.25, 0.3) is 0 Å². The van der Waals surface area contributed by atoms with Crippen LogP contribution in [0.4, 0.5) is 0 Å². The van der Waals surface area contributed by atoms with Crippen molar-refractivity contribution in [2.24, 2.45) is 0 Å². The van der Waals surface area contributed by atoms with E-state index in [-0.39, 0.29) is 0 Å². The van der Waals surface area contributed by atoms with E-state index in [9.17, 15) is 0 Å². The Morgan fingerprint density at radius 1 is 0.558 bits per heavy atom. The molecular weight excluding hydrogens is 522 g/mol. The molecule has 210 valence electrons. The molecule has 0 atom stereocenters. The monoisotopic (exact) mass is 557 g/mol. The lowest BCUT2D eigenvalue weighted by molar-refractivity contribution is 0.351. The summed E-state index contributed by atoms with van der Waals surface area (Å²) in [7, 11) is 0. The summed E-state index contributed by atoms with van der Waals surface area (Å²) in [6.45, 7) is 2.20. The molecular formula is C40H35N3. The van der Waals surface area contributed by atoms with Crippen LogP contribution in [-0.2, 0) is 0 Å². The van der Waals surface area contributed by atoms with Gasteiger partial charge in [-0.3, -0.25) is 0 Å². The van der Waals surface area contributed by atoms with Crippen molar-refractivity contribution in [3.63, 3.8) is 0 Å². The van der Waals surface area contributed by atoms with Gasteiger partial charge in [0, 0.05) is 40.0 Å². The van der Waals surface area contributed by atoms with Gasteiger partial charge in [-0.15, -0.1) is 0 Å². The number of benzene rings is 5. The van der Waals surface area contributed by atoms with Crippen molar-refractivity contribution in [3.05, 3.63) is 133 Å². The number of nitrogens with zero attached hydrogens (tertiary/aromatic N) is 3. The van der Waals surface area contributed by atoms with Crippen LogP contribution in [0.25, 0.3) is 61.1 Å². The highest BCUT2D eigenvalue weighted by Crippen LogP contribution is 2.38. The molecule has 8 rings (SSSR count). The molecule has 3 nitrogen and oxygen atoms in total. The van der Waals surface area contributed by atoms with Crippen molar-refractivity contribution in [3.8, 4) is 39.3 Å². The van der Waals surface area contributed by atoms with E-state index in [1.54, 1.807) is 0 Å². The fraction of sp³-hybridized carbons (Fsp3) is 0.175. The predicted octanol–water partition coefficient (Wildman–Crippen LogP) is 10.8. The molecule has 0 amide bonds. The summed E-state index contributed by atoms with van der Waals surface area (Å²) in [5, 5.41) is 2.53. The fourth-order valence-electron chi connectivity index (χ4n) is 7.14. The van der Waals surface area contributed by atoms with Crippen LogP contribution in [0.3, 0.4) is 0 Å². The van der Waals surface area contributed by atoms with Crippen molar-refractivity contribution in [2.45, 2.75) is 45.1 Å². The summed E-state index contributed by atoms with van der Waals surface area (Å²) in [6.07, 6.45) is 8.52. The van der Waals surface area contributed by atoms with E-state index in [1.165, 1.54) is 87.4 Å². The van der Waals surface area contributed by atoms with Crippen molar-refractivity contribution >= 4 is 21.8 Å². The molecule has 1 aliphatic carbocycles. The van der Waals surface area contributed by atoms with E-state index in [0.29, 0.717) is 6.04 Å². The maximum atomic E-state index is 4.89. The third-order valence-corrected chi connectivity index (χ3v) is 9.28. The molecule has 7 aromatic rings. The smallest absolute Gasteiger partial charge is 0.140 e. The number of aryl methyl sites for hydroxylation is 1. The maximum Gasteiger partial charge on any atom is 0.140 e. The van der Waals surface area contributed by atoms with E-state index < -0.39 is 0 Å². The Kier molecular flexibility index (Phi) is 6.44. The molecule has 5 aromatic carbocycles. The summed E-state index contributed by atoms with van der Waals surface area (Å²) >= 11 is 0. The van der Waals surface area contributed by atoms with Crippen LogP contribution in [0, 0.1) is 6.92 Å². The average Bonchev–Trinajstić information content (AvgIpc) is 3.63. The Morgan fingerprint density at radius 3 is 1.65 bits per heavy atom. The fourth-order valence-corrected chi connectivity index (χ4v) is 7.14. The molecule has 2 heterocycles. The summed E-state index contributed by atoms with van der Waals surface area (Å²) in [5.74, 6) is 1.10. The zero-order valence-corrected chi connectivity index (χ0v) is 24.6. The lowest BCUT2D eigenvalue weighted by Crippen LogP contribution is -2.15. The van der Waals surface area contributed by atoms with Crippen molar-refractivity contribution in [2.75, 3.05) is 0 Å². The molecule has 0 unspecified atom stereocenters. The van der Waals surface area contributed by atoms with E-state index in [1.807, 2.05) is 6.20 Å². The van der Waals surface area contributed by atoms with E-state index in [4.69, 9.17) is 4.98 Å². The minimum atomic E-state index is 0.556. The molecule has 3 heteroatoms. The minimum Gasteiger partial charge on any atom is -0.325 e. The standard InChI is InChI=1S/C40H35N3/c1-28-27-41-40(42(28)34-15-9-4-10-16-34)31-17-21-35(22-18-31)43-38-23-19-32(29-11-5-2-6-12-29)25-36(38)37-26-33(20-24-39(37)43)30-13-7-3-8-14-30/h2-3,5-8,11-14,17-27,34H,4,9-10,15-16H2,1H3. The third-order valence-electron chi connectivity index (χ3n) is 9.28. The Hall–Kier alpha value is -4.89. The van der Waals surface area contributed by atoms with Crippen LogP contribution in [0.2, 0.25) is 0 Å². The molecule has 43 heavy (non-hydrogen) atoms. The predicted molar refractivity (Wildman–Crippen MR) is 180 cm³/mol. The Bertz CT molecular complexity index is 1940. The van der Waals surface area contributed by atoms with Gasteiger partial charge in [-0.25, -0.2) is 4.98 Å². The van der Waals surface area contributed by atoms with Gasteiger partial charge in [-0.05, 0) is 90.6 Å². The molecule has 0 saturated heterocycles.